The van der Waals surface area contributed by atoms with Crippen LogP contribution in [0.3, 0.4) is 0 Å². The molecular weight excluding hydrogens is 935 g/mol. The van der Waals surface area contributed by atoms with Crippen LogP contribution in [0.15, 0.2) is 218 Å². The van der Waals surface area contributed by atoms with Crippen LogP contribution in [0.5, 0.6) is 0 Å². The highest BCUT2D eigenvalue weighted by Gasteiger charge is 2.30. The third-order valence-corrected chi connectivity index (χ3v) is 15.8. The molecule has 0 unspecified atom stereocenters. The fourth-order valence-electron chi connectivity index (χ4n) is 12.3. The molecule has 5 heteroatoms. The maximum Gasteiger partial charge on any atom is 0.162 e. The van der Waals surface area contributed by atoms with Crippen LogP contribution in [0.2, 0.25) is 0 Å². The number of fused-ring (bicyclic) bond motifs is 24. The molecule has 0 saturated heterocycles. The summed E-state index contributed by atoms with van der Waals surface area (Å²) in [6.07, 6.45) is 0. The first-order chi connectivity index (χ1) is 40.3. The molecule has 3 aromatic heterocycles. The van der Waals surface area contributed by atoms with Crippen molar-refractivity contribution in [2.75, 3.05) is 0 Å². The molecule has 14 aromatic rings. The van der Waals surface area contributed by atoms with Crippen molar-refractivity contribution in [1.29, 1.82) is 0 Å². The Balaban J connectivity index is 1.24. The molecule has 0 amide bonds. The van der Waals surface area contributed by atoms with Gasteiger partial charge in [-0.05, 0) is 129 Å². The normalized spacial score (nSPS) is 13.6. The minimum atomic E-state index is -2.44. The lowest BCUT2D eigenvalue weighted by atomic mass is 9.91. The van der Waals surface area contributed by atoms with Gasteiger partial charge < -0.3 is 9.97 Å². The maximum atomic E-state index is 8.80. The van der Waals surface area contributed by atoms with Gasteiger partial charge in [0.05, 0.1) is 33.6 Å². The average molecular weight is 988 g/mol. The number of nitrogens with one attached hydrogen (secondary N) is 2. The largest absolute Gasteiger partial charge is 0.353 e. The highest BCUT2D eigenvalue weighted by atomic mass is 15.0. The van der Waals surface area contributed by atoms with Gasteiger partial charge in [0.2, 0.25) is 0 Å². The molecule has 5 nitrogen and oxygen atoms in total. The second-order valence-corrected chi connectivity index (χ2v) is 20.6. The lowest BCUT2D eigenvalue weighted by Gasteiger charge is -2.11. The van der Waals surface area contributed by atoms with Crippen molar-refractivity contribution in [3.8, 4) is 78.5 Å². The first kappa shape index (κ1) is 37.7. The Hall–Kier alpha value is -9.97. The second kappa shape index (κ2) is 16.5. The van der Waals surface area contributed by atoms with E-state index in [0.717, 1.165) is 120 Å². The Morgan fingerprint density at radius 3 is 1.10 bits per heavy atom. The summed E-state index contributed by atoms with van der Waals surface area (Å²) in [5, 5.41) is 11.7. The van der Waals surface area contributed by atoms with Crippen molar-refractivity contribution in [3.05, 3.63) is 235 Å². The molecular formula is C72H47N5. The molecule has 5 heterocycles. The SMILES string of the molecule is [2H]C([2H])([2H])c1cccc(-c2c3nc(c(-c4cccc(C([2H])([2H])[2H])c4)c4[nH]c(c(-c5cccc(C)c5)c5nc(nc6[nH]c2c2cc7ccccc7cc62)-c2cc6ccccc6cc2-5)c2cc5ccccc5cc42)-c2cc4ccccc4cc2-3)c1. The number of H-pyrrole nitrogens is 2. The third kappa shape index (κ3) is 6.77. The van der Waals surface area contributed by atoms with E-state index in [1.54, 1.807) is 30.3 Å². The second-order valence-electron chi connectivity index (χ2n) is 20.6. The van der Waals surface area contributed by atoms with Crippen LogP contribution in [0.4, 0.5) is 0 Å². The van der Waals surface area contributed by atoms with Crippen molar-refractivity contribution in [1.82, 2.24) is 24.9 Å². The van der Waals surface area contributed by atoms with Gasteiger partial charge in [0.15, 0.2) is 5.82 Å². The third-order valence-electron chi connectivity index (χ3n) is 15.8. The first-order valence-corrected chi connectivity index (χ1v) is 26.0. The summed E-state index contributed by atoms with van der Waals surface area (Å²) in [4.78, 5) is 25.5. The lowest BCUT2D eigenvalue weighted by Crippen LogP contribution is -1.88. The van der Waals surface area contributed by atoms with Gasteiger partial charge in [-0.15, -0.1) is 0 Å². The number of aryl methyl sites for hydroxylation is 3. The number of hydrogen-bond donors (Lipinski definition) is 2. The van der Waals surface area contributed by atoms with Gasteiger partial charge in [-0.25, -0.2) is 15.0 Å². The monoisotopic (exact) mass is 987 g/mol. The fourth-order valence-corrected chi connectivity index (χ4v) is 12.3. The van der Waals surface area contributed by atoms with Crippen molar-refractivity contribution >= 4 is 86.8 Å². The Labute approximate surface area is 452 Å². The molecule has 0 atom stereocenters. The van der Waals surface area contributed by atoms with Crippen LogP contribution in [0.25, 0.3) is 165 Å². The molecule has 0 fully saturated rings. The van der Waals surface area contributed by atoms with Crippen LogP contribution in [0.1, 0.15) is 24.9 Å². The molecule has 2 N–H and O–H groups in total. The van der Waals surface area contributed by atoms with Gasteiger partial charge in [-0.2, -0.15) is 0 Å². The van der Waals surface area contributed by atoms with E-state index in [1.807, 2.05) is 48.5 Å². The molecule has 77 heavy (non-hydrogen) atoms. The van der Waals surface area contributed by atoms with Crippen molar-refractivity contribution in [2.24, 2.45) is 0 Å². The van der Waals surface area contributed by atoms with Gasteiger partial charge in [0.1, 0.15) is 5.65 Å². The van der Waals surface area contributed by atoms with Crippen LogP contribution >= 0.6 is 0 Å². The summed E-state index contributed by atoms with van der Waals surface area (Å²) < 4.78 is 52.6. The zero-order valence-corrected chi connectivity index (χ0v) is 41.6. The average Bonchev–Trinajstić information content (AvgIpc) is 3.69. The standard InChI is InChI=1S/C72H47N5/c1-40-15-12-26-51(29-40)62-65-54-32-43-18-4-6-20-45(43)34-56(54)67(73-65)63(52-27-13-16-41(2)30-52)69-58-36-47-22-8-10-24-49(47)38-60(58)71(75-69)77-72-61-39-50-25-11-9-23-48(50)37-59(61)70(76-72)64(53-28-14-17-42(3)31-53)68-57-35-46-21-7-5-19-44(46)33-55(57)66(62)74-68/h4-39,73H,1-3H3,(H,75,76,77)/i1D3,3D3. The molecule has 2 aliphatic heterocycles. The van der Waals surface area contributed by atoms with Crippen molar-refractivity contribution in [2.45, 2.75) is 20.6 Å². The maximum absolute atomic E-state index is 8.80. The highest BCUT2D eigenvalue weighted by molar-refractivity contribution is 6.23. The van der Waals surface area contributed by atoms with Gasteiger partial charge in [0, 0.05) is 68.7 Å². The topological polar surface area (TPSA) is 70.2 Å². The number of rotatable bonds is 3. The first-order valence-electron chi connectivity index (χ1n) is 29.0. The van der Waals surface area contributed by atoms with E-state index in [0.29, 0.717) is 50.6 Å². The number of hydrogen-bond acceptors (Lipinski definition) is 3. The molecule has 0 aliphatic carbocycles. The zero-order chi connectivity index (χ0) is 56.0. The minimum absolute atomic E-state index is 0.182. The Kier molecular flexibility index (Phi) is 8.09. The van der Waals surface area contributed by atoms with Gasteiger partial charge >= 0.3 is 0 Å². The molecule has 16 rings (SSSR count). The number of aromatic nitrogens is 5. The molecule has 360 valence electrons. The van der Waals surface area contributed by atoms with E-state index in [1.165, 1.54) is 0 Å². The molecule has 0 radical (unpaired) electrons. The Morgan fingerprint density at radius 1 is 0.312 bits per heavy atom. The molecule has 8 bridgehead atoms. The molecule has 0 saturated carbocycles. The van der Waals surface area contributed by atoms with Gasteiger partial charge in [-0.3, -0.25) is 0 Å². The smallest absolute Gasteiger partial charge is 0.162 e. The van der Waals surface area contributed by atoms with E-state index in [-0.39, 0.29) is 11.1 Å². The Bertz CT molecular complexity index is 5340. The Morgan fingerprint density at radius 2 is 0.662 bits per heavy atom. The van der Waals surface area contributed by atoms with Crippen molar-refractivity contribution < 1.29 is 8.22 Å². The zero-order valence-electron chi connectivity index (χ0n) is 47.6. The van der Waals surface area contributed by atoms with E-state index in [9.17, 15) is 0 Å². The van der Waals surface area contributed by atoms with Crippen molar-refractivity contribution in [3.63, 3.8) is 0 Å². The fraction of sp³-hybridized carbons (Fsp3) is 0.0417. The number of aromatic amines is 2. The summed E-state index contributed by atoms with van der Waals surface area (Å²) in [5.41, 5.74) is 14.1. The van der Waals surface area contributed by atoms with Crippen LogP contribution in [0, 0.1) is 20.6 Å². The predicted octanol–water partition coefficient (Wildman–Crippen LogP) is 19.2. The minimum Gasteiger partial charge on any atom is -0.353 e. The van der Waals surface area contributed by atoms with E-state index in [4.69, 9.17) is 23.2 Å². The van der Waals surface area contributed by atoms with Gasteiger partial charge in [-0.1, -0.05) is 187 Å². The summed E-state index contributed by atoms with van der Waals surface area (Å²) in [6.45, 7) is -2.76. The van der Waals surface area contributed by atoms with E-state index < -0.39 is 13.7 Å². The predicted molar refractivity (Wildman–Crippen MR) is 323 cm³/mol. The van der Waals surface area contributed by atoms with Crippen LogP contribution in [-0.2, 0) is 0 Å². The lowest BCUT2D eigenvalue weighted by molar-refractivity contribution is 1.27. The summed E-state index contributed by atoms with van der Waals surface area (Å²) in [5.74, 6) is 0.521. The molecule has 2 aliphatic rings. The number of benzene rings is 11. The van der Waals surface area contributed by atoms with Crippen LogP contribution < -0.4 is 0 Å². The highest BCUT2D eigenvalue weighted by Crippen LogP contribution is 2.52. The summed E-state index contributed by atoms with van der Waals surface area (Å²) in [6, 6.07) is 73.9. The summed E-state index contributed by atoms with van der Waals surface area (Å²) >= 11 is 0. The van der Waals surface area contributed by atoms with E-state index in [2.05, 4.69) is 156 Å². The summed E-state index contributed by atoms with van der Waals surface area (Å²) in [7, 11) is 0. The van der Waals surface area contributed by atoms with E-state index >= 15 is 0 Å². The number of nitrogens with zero attached hydrogens (tertiary/aromatic N) is 3. The molecule has 11 aromatic carbocycles. The quantitative estimate of drug-likeness (QED) is 0.185. The van der Waals surface area contributed by atoms with Crippen LogP contribution in [-0.4, -0.2) is 24.9 Å². The molecule has 0 spiro atoms. The van der Waals surface area contributed by atoms with Gasteiger partial charge in [0.25, 0.3) is 0 Å².